The third-order valence-corrected chi connectivity index (χ3v) is 4.50. The van der Waals surface area contributed by atoms with Crippen molar-refractivity contribution in [2.24, 2.45) is 10.4 Å². The summed E-state index contributed by atoms with van der Waals surface area (Å²) in [4.78, 5) is 19.9. The van der Waals surface area contributed by atoms with Crippen molar-refractivity contribution < 1.29 is 4.79 Å². The Bertz CT molecular complexity index is 502. The van der Waals surface area contributed by atoms with Gasteiger partial charge in [0.15, 0.2) is 16.1 Å². The number of anilines is 1. The molecule has 4 nitrogen and oxygen atoms in total. The van der Waals surface area contributed by atoms with Gasteiger partial charge in [0.25, 0.3) is 0 Å². The number of Topliss-reactive ketones (excluding diaryl/α,β-unsaturated/α-hetero) is 1. The number of aromatic nitrogens is 1. The number of aliphatic imine (C=N–C) groups is 1. The molecule has 0 aliphatic carbocycles. The van der Waals surface area contributed by atoms with Gasteiger partial charge in [0.2, 0.25) is 0 Å². The molecule has 0 fully saturated rings. The summed E-state index contributed by atoms with van der Waals surface area (Å²) < 4.78 is 0. The van der Waals surface area contributed by atoms with E-state index in [1.165, 1.54) is 18.3 Å². The predicted octanol–water partition coefficient (Wildman–Crippen LogP) is 3.67. The first-order chi connectivity index (χ1) is 8.83. The third kappa shape index (κ3) is 4.31. The lowest BCUT2D eigenvalue weighted by Gasteiger charge is -2.21. The summed E-state index contributed by atoms with van der Waals surface area (Å²) in [5.41, 5.74) is 0.841. The molecule has 1 aromatic heterocycles. The largest absolute Gasteiger partial charge is 0.311 e. The van der Waals surface area contributed by atoms with Crippen molar-refractivity contribution in [2.75, 3.05) is 11.9 Å². The first-order valence-electron chi connectivity index (χ1n) is 6.28. The molecule has 19 heavy (non-hydrogen) atoms. The Labute approximate surface area is 122 Å². The fourth-order valence-electron chi connectivity index (χ4n) is 1.86. The number of thiazole rings is 1. The summed E-state index contributed by atoms with van der Waals surface area (Å²) >= 11 is 3.21. The Balaban J connectivity index is 1.89. The van der Waals surface area contributed by atoms with Crippen LogP contribution in [0.2, 0.25) is 0 Å². The third-order valence-electron chi connectivity index (χ3n) is 2.64. The number of nitrogens with one attached hydrogen (secondary N) is 1. The summed E-state index contributed by atoms with van der Waals surface area (Å²) in [6.07, 6.45) is 1.14. The Morgan fingerprint density at radius 3 is 2.84 bits per heavy atom. The van der Waals surface area contributed by atoms with E-state index in [2.05, 4.69) is 36.1 Å². The van der Waals surface area contributed by atoms with Gasteiger partial charge >= 0.3 is 0 Å². The van der Waals surface area contributed by atoms with Crippen molar-refractivity contribution in [1.29, 1.82) is 0 Å². The average Bonchev–Trinajstić information content (AvgIpc) is 2.86. The van der Waals surface area contributed by atoms with E-state index in [-0.39, 0.29) is 5.78 Å². The van der Waals surface area contributed by atoms with Crippen LogP contribution in [-0.2, 0) is 0 Å². The first kappa shape index (κ1) is 14.5. The first-order valence-corrected chi connectivity index (χ1v) is 8.04. The maximum Gasteiger partial charge on any atom is 0.189 e. The van der Waals surface area contributed by atoms with Crippen LogP contribution in [0.3, 0.4) is 0 Å². The molecule has 1 aliphatic heterocycles. The van der Waals surface area contributed by atoms with Gasteiger partial charge in [0.1, 0.15) is 5.69 Å². The van der Waals surface area contributed by atoms with Gasteiger partial charge in [-0.2, -0.15) is 0 Å². The molecule has 6 heteroatoms. The summed E-state index contributed by atoms with van der Waals surface area (Å²) in [6, 6.07) is 0. The summed E-state index contributed by atoms with van der Waals surface area (Å²) in [7, 11) is 0. The zero-order chi connectivity index (χ0) is 14.0. The smallest absolute Gasteiger partial charge is 0.189 e. The van der Waals surface area contributed by atoms with E-state index in [1.54, 1.807) is 17.1 Å². The highest BCUT2D eigenvalue weighted by atomic mass is 32.2. The molecule has 1 aliphatic rings. The number of ketones is 1. The summed E-state index contributed by atoms with van der Waals surface area (Å²) in [5, 5.41) is 7.17. The van der Waals surface area contributed by atoms with Crippen LogP contribution in [-0.4, -0.2) is 27.7 Å². The van der Waals surface area contributed by atoms with Crippen LogP contribution < -0.4 is 5.32 Å². The van der Waals surface area contributed by atoms with Crippen LogP contribution in [0.5, 0.6) is 0 Å². The molecular weight excluding hydrogens is 278 g/mol. The van der Waals surface area contributed by atoms with Gasteiger partial charge in [-0.15, -0.1) is 11.3 Å². The monoisotopic (exact) mass is 297 g/mol. The number of thioether (sulfide) groups is 1. The molecule has 2 heterocycles. The van der Waals surface area contributed by atoms with Crippen LogP contribution in [0.15, 0.2) is 10.4 Å². The zero-order valence-corrected chi connectivity index (χ0v) is 13.3. The Morgan fingerprint density at radius 2 is 2.26 bits per heavy atom. The molecule has 1 atom stereocenters. The molecule has 0 bridgehead atoms. The van der Waals surface area contributed by atoms with Gasteiger partial charge in [0, 0.05) is 17.6 Å². The van der Waals surface area contributed by atoms with Crippen molar-refractivity contribution in [1.82, 2.24) is 4.98 Å². The Morgan fingerprint density at radius 1 is 1.53 bits per heavy atom. The standard InChI is InChI=1S/C13H19N3OS2/c1-8(17)10-7-18-12(15-10)16-11-14-6-9(19-11)5-13(2,3)4/h7,9H,5-6H2,1-4H3,(H,14,15,16). The van der Waals surface area contributed by atoms with Crippen molar-refractivity contribution >= 4 is 39.2 Å². The van der Waals surface area contributed by atoms with Gasteiger partial charge < -0.3 is 5.32 Å². The van der Waals surface area contributed by atoms with Crippen LogP contribution in [0.4, 0.5) is 5.13 Å². The van der Waals surface area contributed by atoms with Crippen LogP contribution >= 0.6 is 23.1 Å². The molecule has 0 saturated carbocycles. The molecule has 0 radical (unpaired) electrons. The van der Waals surface area contributed by atoms with E-state index in [0.29, 0.717) is 16.4 Å². The fourth-order valence-corrected chi connectivity index (χ4v) is 4.03. The molecule has 104 valence electrons. The zero-order valence-electron chi connectivity index (χ0n) is 11.7. The van der Waals surface area contributed by atoms with Gasteiger partial charge in [-0.3, -0.25) is 9.79 Å². The van der Waals surface area contributed by atoms with E-state index < -0.39 is 0 Å². The summed E-state index contributed by atoms with van der Waals surface area (Å²) in [6.45, 7) is 9.13. The Kier molecular flexibility index (Phi) is 4.30. The molecule has 0 amide bonds. The van der Waals surface area contributed by atoms with Crippen molar-refractivity contribution in [3.05, 3.63) is 11.1 Å². The van der Waals surface area contributed by atoms with Gasteiger partial charge in [0.05, 0.1) is 6.54 Å². The highest BCUT2D eigenvalue weighted by Gasteiger charge is 2.25. The Hall–Kier alpha value is -0.880. The second-order valence-electron chi connectivity index (χ2n) is 5.87. The maximum absolute atomic E-state index is 11.2. The van der Waals surface area contributed by atoms with Crippen LogP contribution in [0.25, 0.3) is 0 Å². The minimum atomic E-state index is -0.00378. The highest BCUT2D eigenvalue weighted by Crippen LogP contribution is 2.32. The molecule has 0 saturated heterocycles. The molecule has 1 unspecified atom stereocenters. The van der Waals surface area contributed by atoms with Gasteiger partial charge in [-0.1, -0.05) is 32.5 Å². The molecule has 1 aromatic rings. The number of hydrogen-bond acceptors (Lipinski definition) is 6. The van der Waals surface area contributed by atoms with E-state index >= 15 is 0 Å². The van der Waals surface area contributed by atoms with E-state index in [4.69, 9.17) is 0 Å². The van der Waals surface area contributed by atoms with Crippen molar-refractivity contribution in [3.63, 3.8) is 0 Å². The summed E-state index contributed by atoms with van der Waals surface area (Å²) in [5.74, 6) is -0.00378. The van der Waals surface area contributed by atoms with Crippen molar-refractivity contribution in [3.8, 4) is 0 Å². The lowest BCUT2D eigenvalue weighted by Crippen LogP contribution is -2.16. The minimum Gasteiger partial charge on any atom is -0.311 e. The lowest BCUT2D eigenvalue weighted by molar-refractivity contribution is 0.101. The second-order valence-corrected chi connectivity index (χ2v) is 8.02. The number of nitrogens with zero attached hydrogens (tertiary/aromatic N) is 2. The quantitative estimate of drug-likeness (QED) is 0.865. The second kappa shape index (κ2) is 5.63. The topological polar surface area (TPSA) is 54.4 Å². The molecular formula is C13H19N3OS2. The normalized spacial score (nSPS) is 19.4. The van der Waals surface area contributed by atoms with E-state index in [0.717, 1.165) is 23.3 Å². The van der Waals surface area contributed by atoms with Crippen LogP contribution in [0, 0.1) is 5.41 Å². The van der Waals surface area contributed by atoms with Crippen LogP contribution in [0.1, 0.15) is 44.6 Å². The maximum atomic E-state index is 11.2. The molecule has 0 spiro atoms. The van der Waals surface area contributed by atoms with Crippen molar-refractivity contribution in [2.45, 2.75) is 39.4 Å². The fraction of sp³-hybridized carbons (Fsp3) is 0.615. The number of carbonyl (C=O) groups excluding carboxylic acids is 1. The number of amidine groups is 1. The number of carbonyl (C=O) groups is 1. The molecule has 0 aromatic carbocycles. The average molecular weight is 297 g/mol. The molecule has 2 rings (SSSR count). The van der Waals surface area contributed by atoms with E-state index in [9.17, 15) is 4.79 Å². The van der Waals surface area contributed by atoms with Gasteiger partial charge in [-0.25, -0.2) is 4.98 Å². The predicted molar refractivity (Wildman–Crippen MR) is 83.5 cm³/mol. The van der Waals surface area contributed by atoms with Gasteiger partial charge in [-0.05, 0) is 11.8 Å². The number of rotatable bonds is 3. The highest BCUT2D eigenvalue weighted by molar-refractivity contribution is 8.15. The lowest BCUT2D eigenvalue weighted by atomic mass is 9.90. The minimum absolute atomic E-state index is 0.00378. The number of hydrogen-bond donors (Lipinski definition) is 1. The van der Waals surface area contributed by atoms with E-state index in [1.807, 2.05) is 0 Å². The molecule has 1 N–H and O–H groups in total. The SMILES string of the molecule is CC(=O)c1csc(NC2=NCC(CC(C)(C)C)S2)n1.